The van der Waals surface area contributed by atoms with Crippen LogP contribution < -0.4 is 29.7 Å². The predicted molar refractivity (Wildman–Crippen MR) is 113 cm³/mol. The average molecular weight is 431 g/mol. The Morgan fingerprint density at radius 3 is 2.29 bits per heavy atom. The van der Waals surface area contributed by atoms with E-state index in [9.17, 15) is 14.7 Å². The first-order chi connectivity index (χ1) is 14.9. The highest BCUT2D eigenvalue weighted by molar-refractivity contribution is 5.97. The zero-order valence-electron chi connectivity index (χ0n) is 17.7. The number of benzene rings is 2. The van der Waals surface area contributed by atoms with Crippen molar-refractivity contribution in [2.24, 2.45) is 5.10 Å². The summed E-state index contributed by atoms with van der Waals surface area (Å²) < 4.78 is 20.9. The lowest BCUT2D eigenvalue weighted by Crippen LogP contribution is -2.34. The van der Waals surface area contributed by atoms with E-state index in [-0.39, 0.29) is 17.9 Å². The molecule has 2 rings (SSSR count). The van der Waals surface area contributed by atoms with Crippen molar-refractivity contribution in [2.75, 3.05) is 34.5 Å². The van der Waals surface area contributed by atoms with Crippen molar-refractivity contribution in [1.82, 2.24) is 10.7 Å². The number of hydrazone groups is 1. The summed E-state index contributed by atoms with van der Waals surface area (Å²) in [6.07, 6.45) is 1.39. The maximum atomic E-state index is 12.4. The van der Waals surface area contributed by atoms with E-state index in [2.05, 4.69) is 15.8 Å². The Morgan fingerprint density at radius 2 is 1.71 bits per heavy atom. The van der Waals surface area contributed by atoms with E-state index >= 15 is 0 Å². The molecule has 0 atom stereocenters. The third-order valence-corrected chi connectivity index (χ3v) is 4.02. The first-order valence-electron chi connectivity index (χ1n) is 9.29. The van der Waals surface area contributed by atoms with E-state index in [1.165, 1.54) is 45.7 Å². The van der Waals surface area contributed by atoms with Gasteiger partial charge in [-0.1, -0.05) is 0 Å². The van der Waals surface area contributed by atoms with Gasteiger partial charge in [-0.25, -0.2) is 5.43 Å². The zero-order chi connectivity index (χ0) is 22.8. The van der Waals surface area contributed by atoms with Gasteiger partial charge in [-0.05, 0) is 42.8 Å². The fourth-order valence-electron chi connectivity index (χ4n) is 2.58. The van der Waals surface area contributed by atoms with Crippen molar-refractivity contribution in [3.05, 3.63) is 41.5 Å². The molecule has 2 aromatic rings. The van der Waals surface area contributed by atoms with Gasteiger partial charge in [-0.3, -0.25) is 9.59 Å². The van der Waals surface area contributed by atoms with Gasteiger partial charge in [-0.2, -0.15) is 5.10 Å². The minimum Gasteiger partial charge on any atom is -0.504 e. The molecular formula is C21H25N3O7. The third kappa shape index (κ3) is 6.26. The van der Waals surface area contributed by atoms with Crippen LogP contribution in [0.25, 0.3) is 0 Å². The van der Waals surface area contributed by atoms with E-state index in [1.54, 1.807) is 19.1 Å². The summed E-state index contributed by atoms with van der Waals surface area (Å²) in [6, 6.07) is 7.62. The Labute approximate surface area is 179 Å². The fraction of sp³-hybridized carbons (Fsp3) is 0.286. The molecule has 0 unspecified atom stereocenters. The number of methoxy groups -OCH3 is 3. The number of ether oxygens (including phenoxy) is 4. The standard InChI is InChI=1S/C21H25N3O7/c1-5-31-16-8-13(6-7-15(16)25)11-23-24-19(26)12-22-21(27)14-9-17(28-2)20(30-4)18(10-14)29-3/h6-11,25H,5,12H2,1-4H3,(H,22,27)(H,24,26)/b23-11+. The molecule has 0 aliphatic heterocycles. The fourth-order valence-corrected chi connectivity index (χ4v) is 2.58. The normalized spacial score (nSPS) is 10.5. The number of phenolic OH excluding ortho intramolecular Hbond substituents is 1. The Kier molecular flexibility index (Phi) is 8.50. The molecule has 3 N–H and O–H groups in total. The third-order valence-electron chi connectivity index (χ3n) is 4.02. The first kappa shape index (κ1) is 23.3. The molecule has 0 aliphatic rings. The quantitative estimate of drug-likeness (QED) is 0.386. The number of hydrogen-bond acceptors (Lipinski definition) is 8. The number of carbonyl (C=O) groups excluding carboxylic acids is 2. The Bertz CT molecular complexity index is 935. The van der Waals surface area contributed by atoms with Crippen LogP contribution in [0, 0.1) is 0 Å². The van der Waals surface area contributed by atoms with E-state index in [1.807, 2.05) is 0 Å². The van der Waals surface area contributed by atoms with Crippen molar-refractivity contribution in [3.8, 4) is 28.7 Å². The molecule has 0 aliphatic carbocycles. The number of nitrogens with zero attached hydrogens (tertiary/aromatic N) is 1. The molecule has 31 heavy (non-hydrogen) atoms. The molecule has 0 saturated heterocycles. The molecule has 10 heteroatoms. The number of rotatable bonds is 10. The summed E-state index contributed by atoms with van der Waals surface area (Å²) in [5, 5.41) is 16.0. The molecule has 2 aromatic carbocycles. The van der Waals surface area contributed by atoms with Gasteiger partial charge >= 0.3 is 0 Å². The first-order valence-corrected chi connectivity index (χ1v) is 9.29. The van der Waals surface area contributed by atoms with E-state index in [4.69, 9.17) is 18.9 Å². The summed E-state index contributed by atoms with van der Waals surface area (Å²) in [4.78, 5) is 24.4. The lowest BCUT2D eigenvalue weighted by Gasteiger charge is -2.14. The molecule has 0 heterocycles. The van der Waals surface area contributed by atoms with Crippen molar-refractivity contribution < 1.29 is 33.6 Å². The van der Waals surface area contributed by atoms with E-state index < -0.39 is 11.8 Å². The van der Waals surface area contributed by atoms with Crippen LogP contribution in [0.1, 0.15) is 22.8 Å². The highest BCUT2D eigenvalue weighted by Crippen LogP contribution is 2.38. The highest BCUT2D eigenvalue weighted by atomic mass is 16.5. The Hall–Kier alpha value is -3.95. The second-order valence-corrected chi connectivity index (χ2v) is 6.05. The number of nitrogens with one attached hydrogen (secondary N) is 2. The molecule has 0 saturated carbocycles. The van der Waals surface area contributed by atoms with Gasteiger partial charge in [0.1, 0.15) is 0 Å². The summed E-state index contributed by atoms with van der Waals surface area (Å²) in [6.45, 7) is 1.90. The predicted octanol–water partition coefficient (Wildman–Crippen LogP) is 1.70. The van der Waals surface area contributed by atoms with Gasteiger partial charge in [-0.15, -0.1) is 0 Å². The van der Waals surface area contributed by atoms with Crippen LogP contribution in [0.3, 0.4) is 0 Å². The summed E-state index contributed by atoms with van der Waals surface area (Å²) in [7, 11) is 4.34. The minimum atomic E-state index is -0.527. The molecular weight excluding hydrogens is 406 g/mol. The van der Waals surface area contributed by atoms with Crippen LogP contribution in [-0.4, -0.2) is 57.6 Å². The monoisotopic (exact) mass is 431 g/mol. The smallest absolute Gasteiger partial charge is 0.259 e. The molecule has 2 amide bonds. The van der Waals surface area contributed by atoms with Crippen molar-refractivity contribution >= 4 is 18.0 Å². The molecule has 0 fully saturated rings. The van der Waals surface area contributed by atoms with Crippen LogP contribution >= 0.6 is 0 Å². The van der Waals surface area contributed by atoms with Crippen molar-refractivity contribution in [1.29, 1.82) is 0 Å². The second-order valence-electron chi connectivity index (χ2n) is 6.05. The topological polar surface area (TPSA) is 128 Å². The molecule has 10 nitrogen and oxygen atoms in total. The van der Waals surface area contributed by atoms with Gasteiger partial charge in [0.2, 0.25) is 5.75 Å². The molecule has 0 radical (unpaired) electrons. The molecule has 0 bridgehead atoms. The average Bonchev–Trinajstić information content (AvgIpc) is 2.78. The zero-order valence-corrected chi connectivity index (χ0v) is 17.7. The summed E-state index contributed by atoms with van der Waals surface area (Å²) in [5.41, 5.74) is 3.16. The molecule has 166 valence electrons. The maximum absolute atomic E-state index is 12.4. The van der Waals surface area contributed by atoms with Crippen LogP contribution in [-0.2, 0) is 4.79 Å². The van der Waals surface area contributed by atoms with Crippen LogP contribution in [0.4, 0.5) is 0 Å². The molecule has 0 spiro atoms. The highest BCUT2D eigenvalue weighted by Gasteiger charge is 2.17. The van der Waals surface area contributed by atoms with Gasteiger partial charge in [0, 0.05) is 5.56 Å². The van der Waals surface area contributed by atoms with Crippen LogP contribution in [0.2, 0.25) is 0 Å². The Morgan fingerprint density at radius 1 is 1.03 bits per heavy atom. The maximum Gasteiger partial charge on any atom is 0.259 e. The lowest BCUT2D eigenvalue weighted by molar-refractivity contribution is -0.120. The Balaban J connectivity index is 1.95. The SMILES string of the molecule is CCOc1cc(/C=N/NC(=O)CNC(=O)c2cc(OC)c(OC)c(OC)c2)ccc1O. The van der Waals surface area contributed by atoms with Crippen LogP contribution in [0.15, 0.2) is 35.4 Å². The van der Waals surface area contributed by atoms with E-state index in [0.717, 1.165) is 0 Å². The van der Waals surface area contributed by atoms with Gasteiger partial charge < -0.3 is 29.4 Å². The van der Waals surface area contributed by atoms with Crippen LogP contribution in [0.5, 0.6) is 28.7 Å². The summed E-state index contributed by atoms with van der Waals surface area (Å²) >= 11 is 0. The largest absolute Gasteiger partial charge is 0.504 e. The molecule has 0 aromatic heterocycles. The number of aromatic hydroxyl groups is 1. The second kappa shape index (κ2) is 11.3. The minimum absolute atomic E-state index is 0.0116. The van der Waals surface area contributed by atoms with E-state index in [0.29, 0.717) is 35.2 Å². The van der Waals surface area contributed by atoms with Gasteiger partial charge in [0.05, 0.1) is 40.7 Å². The van der Waals surface area contributed by atoms with Crippen molar-refractivity contribution in [2.45, 2.75) is 6.92 Å². The summed E-state index contributed by atoms with van der Waals surface area (Å²) in [5.74, 6) is 0.296. The van der Waals surface area contributed by atoms with Gasteiger partial charge in [0.25, 0.3) is 11.8 Å². The number of hydrogen-bond donors (Lipinski definition) is 3. The number of carbonyl (C=O) groups is 2. The number of amides is 2. The van der Waals surface area contributed by atoms with Crippen molar-refractivity contribution in [3.63, 3.8) is 0 Å². The number of phenols is 1. The van der Waals surface area contributed by atoms with Gasteiger partial charge in [0.15, 0.2) is 23.0 Å². The lowest BCUT2D eigenvalue weighted by atomic mass is 10.1.